The van der Waals surface area contributed by atoms with E-state index in [1.54, 1.807) is 0 Å². The second-order valence-electron chi connectivity index (χ2n) is 7.99. The Morgan fingerprint density at radius 2 is 1.93 bits per heavy atom. The molecule has 2 fully saturated rings. The maximum Gasteiger partial charge on any atom is 0.225 e. The molecule has 2 aliphatic carbocycles. The Morgan fingerprint density at radius 1 is 1.11 bits per heavy atom. The van der Waals surface area contributed by atoms with Gasteiger partial charge in [-0.1, -0.05) is 29.8 Å². The maximum atomic E-state index is 12.3. The number of aryl methyl sites for hydroxylation is 1. The molecule has 2 heterocycles. The number of benzene rings is 1. The van der Waals surface area contributed by atoms with Gasteiger partial charge in [-0.25, -0.2) is 0 Å². The van der Waals surface area contributed by atoms with E-state index in [0.29, 0.717) is 11.8 Å². The van der Waals surface area contributed by atoms with Gasteiger partial charge in [0.1, 0.15) is 0 Å². The zero-order valence-corrected chi connectivity index (χ0v) is 15.8. The largest absolute Gasteiger partial charge is 0.367 e. The minimum Gasteiger partial charge on any atom is -0.367 e. The fourth-order valence-corrected chi connectivity index (χ4v) is 4.27. The third-order valence-corrected chi connectivity index (χ3v) is 5.97. The second-order valence-corrected chi connectivity index (χ2v) is 7.99. The molecule has 2 aromatic rings. The van der Waals surface area contributed by atoms with E-state index in [1.807, 2.05) is 6.20 Å². The van der Waals surface area contributed by atoms with Gasteiger partial charge < -0.3 is 9.80 Å². The van der Waals surface area contributed by atoms with Crippen molar-refractivity contribution >= 4 is 23.2 Å². The van der Waals surface area contributed by atoms with Gasteiger partial charge in [0.15, 0.2) is 0 Å². The molecule has 0 unspecified atom stereocenters. The predicted molar refractivity (Wildman–Crippen MR) is 109 cm³/mol. The summed E-state index contributed by atoms with van der Waals surface area (Å²) in [7, 11) is 0. The molecule has 0 bridgehead atoms. The molecule has 138 valence electrons. The van der Waals surface area contributed by atoms with Crippen LogP contribution in [0.3, 0.4) is 0 Å². The summed E-state index contributed by atoms with van der Waals surface area (Å²) in [6.07, 6.45) is 7.32. The van der Waals surface area contributed by atoms with Crippen molar-refractivity contribution in [2.45, 2.75) is 26.2 Å². The quantitative estimate of drug-likeness (QED) is 0.841. The lowest BCUT2D eigenvalue weighted by molar-refractivity contribution is -0.132. The average molecular weight is 359 g/mol. The summed E-state index contributed by atoms with van der Waals surface area (Å²) in [5.74, 6) is 0.692. The first-order valence-electron chi connectivity index (χ1n) is 9.98. The molecule has 0 radical (unpaired) electrons. The number of amides is 1. The zero-order valence-electron chi connectivity index (χ0n) is 15.8. The second kappa shape index (κ2) is 6.52. The van der Waals surface area contributed by atoms with Crippen LogP contribution in [0, 0.1) is 12.8 Å². The van der Waals surface area contributed by atoms with Crippen molar-refractivity contribution in [1.29, 1.82) is 0 Å². The average Bonchev–Trinajstić information content (AvgIpc) is 3.45. The van der Waals surface area contributed by atoms with Crippen molar-refractivity contribution in [3.8, 4) is 0 Å². The van der Waals surface area contributed by atoms with Crippen molar-refractivity contribution in [3.05, 3.63) is 58.9 Å². The number of hydrogen-bond donors (Lipinski definition) is 0. The number of carbonyl (C=O) groups excluding carboxylic acids is 1. The Morgan fingerprint density at radius 3 is 2.67 bits per heavy atom. The zero-order chi connectivity index (χ0) is 18.4. The van der Waals surface area contributed by atoms with Crippen LogP contribution < -0.4 is 4.90 Å². The Kier molecular flexibility index (Phi) is 4.00. The molecular weight excluding hydrogens is 334 g/mol. The van der Waals surface area contributed by atoms with Gasteiger partial charge in [0.25, 0.3) is 0 Å². The van der Waals surface area contributed by atoms with Crippen molar-refractivity contribution < 1.29 is 4.79 Å². The summed E-state index contributed by atoms with van der Waals surface area (Å²) in [4.78, 5) is 21.4. The monoisotopic (exact) mass is 359 g/mol. The van der Waals surface area contributed by atoms with E-state index in [1.165, 1.54) is 33.6 Å². The number of anilines is 1. The smallest absolute Gasteiger partial charge is 0.225 e. The number of rotatable bonds is 3. The van der Waals surface area contributed by atoms with Crippen molar-refractivity contribution in [1.82, 2.24) is 9.88 Å². The number of nitrogens with zero attached hydrogens (tertiary/aromatic N) is 3. The Hall–Kier alpha value is -2.62. The third kappa shape index (κ3) is 3.14. The fraction of sp³-hybridized carbons (Fsp3) is 0.391. The summed E-state index contributed by atoms with van der Waals surface area (Å²) in [6, 6.07) is 10.8. The first-order valence-corrected chi connectivity index (χ1v) is 9.98. The number of carbonyl (C=O) groups is 1. The van der Waals surface area contributed by atoms with Gasteiger partial charge in [0.2, 0.25) is 5.91 Å². The summed E-state index contributed by atoms with van der Waals surface area (Å²) < 4.78 is 0. The molecule has 4 heteroatoms. The first-order chi connectivity index (χ1) is 13.2. The van der Waals surface area contributed by atoms with Crippen molar-refractivity contribution in [2.24, 2.45) is 5.92 Å². The van der Waals surface area contributed by atoms with Crippen LogP contribution in [0.25, 0.3) is 11.6 Å². The van der Waals surface area contributed by atoms with E-state index in [9.17, 15) is 4.79 Å². The molecule has 5 rings (SSSR count). The van der Waals surface area contributed by atoms with E-state index in [0.717, 1.165) is 45.4 Å². The summed E-state index contributed by atoms with van der Waals surface area (Å²) in [6.45, 7) is 5.62. The number of piperazine rings is 1. The van der Waals surface area contributed by atoms with Crippen LogP contribution in [-0.2, 0) is 11.2 Å². The van der Waals surface area contributed by atoms with Gasteiger partial charge in [0.05, 0.1) is 5.69 Å². The molecular formula is C23H25N3O. The summed E-state index contributed by atoms with van der Waals surface area (Å²) in [5, 5.41) is 0. The SMILES string of the molecule is Cc1cccc(C2=Cc3c(N4CCN(C(=O)C5CC5)CC4)ccnc3C2)c1. The van der Waals surface area contributed by atoms with Crippen molar-refractivity contribution in [3.63, 3.8) is 0 Å². The highest BCUT2D eigenvalue weighted by atomic mass is 16.2. The highest BCUT2D eigenvalue weighted by Crippen LogP contribution is 2.37. The van der Waals surface area contributed by atoms with E-state index in [-0.39, 0.29) is 0 Å². The molecule has 1 aliphatic heterocycles. The van der Waals surface area contributed by atoms with Crippen LogP contribution in [0.15, 0.2) is 36.5 Å². The Balaban J connectivity index is 1.37. The molecule has 0 spiro atoms. The molecule has 1 aromatic heterocycles. The minimum atomic E-state index is 0.321. The van der Waals surface area contributed by atoms with Gasteiger partial charge in [-0.3, -0.25) is 9.78 Å². The molecule has 3 aliphatic rings. The number of hydrogen-bond acceptors (Lipinski definition) is 3. The van der Waals surface area contributed by atoms with Crippen molar-refractivity contribution in [2.75, 3.05) is 31.1 Å². The Bertz CT molecular complexity index is 921. The standard InChI is InChI=1S/C23H25N3O/c1-16-3-2-4-18(13-16)19-14-20-21(15-19)24-8-7-22(20)25-9-11-26(12-10-25)23(27)17-5-6-17/h2-4,7-8,13-14,17H,5-6,9-12,15H2,1H3. The number of allylic oxidation sites excluding steroid dienone is 1. The highest BCUT2D eigenvalue weighted by Gasteiger charge is 2.35. The lowest BCUT2D eigenvalue weighted by Crippen LogP contribution is -2.49. The first kappa shape index (κ1) is 16.5. The van der Waals surface area contributed by atoms with Crippen LogP contribution in [-0.4, -0.2) is 42.0 Å². The fourth-order valence-electron chi connectivity index (χ4n) is 4.27. The predicted octanol–water partition coefficient (Wildman–Crippen LogP) is 3.55. The van der Waals surface area contributed by atoms with Gasteiger partial charge in [0, 0.05) is 56.0 Å². The van der Waals surface area contributed by atoms with E-state index < -0.39 is 0 Å². The molecule has 1 aromatic carbocycles. The van der Waals surface area contributed by atoms with E-state index >= 15 is 0 Å². The Labute approximate surface area is 160 Å². The molecule has 1 amide bonds. The highest BCUT2D eigenvalue weighted by molar-refractivity contribution is 5.92. The molecule has 1 saturated heterocycles. The van der Waals surface area contributed by atoms with Crippen LogP contribution in [0.2, 0.25) is 0 Å². The summed E-state index contributed by atoms with van der Waals surface area (Å²) in [5.41, 5.74) is 7.61. The molecule has 1 saturated carbocycles. The lowest BCUT2D eigenvalue weighted by atomic mass is 10.0. The third-order valence-electron chi connectivity index (χ3n) is 5.97. The number of fused-ring (bicyclic) bond motifs is 1. The van der Waals surface area contributed by atoms with Gasteiger partial charge in [-0.05, 0) is 43.0 Å². The van der Waals surface area contributed by atoms with Gasteiger partial charge >= 0.3 is 0 Å². The van der Waals surface area contributed by atoms with E-state index in [2.05, 4.69) is 58.1 Å². The van der Waals surface area contributed by atoms with Crippen LogP contribution >= 0.6 is 0 Å². The number of aromatic nitrogens is 1. The minimum absolute atomic E-state index is 0.321. The molecule has 0 N–H and O–H groups in total. The topological polar surface area (TPSA) is 36.4 Å². The maximum absolute atomic E-state index is 12.3. The molecule has 4 nitrogen and oxygen atoms in total. The molecule has 27 heavy (non-hydrogen) atoms. The lowest BCUT2D eigenvalue weighted by Gasteiger charge is -2.37. The molecule has 0 atom stereocenters. The summed E-state index contributed by atoms with van der Waals surface area (Å²) >= 11 is 0. The number of pyridine rings is 1. The van der Waals surface area contributed by atoms with E-state index in [4.69, 9.17) is 0 Å². The normalized spacial score (nSPS) is 19.1. The van der Waals surface area contributed by atoms with Crippen LogP contribution in [0.5, 0.6) is 0 Å². The van der Waals surface area contributed by atoms with Gasteiger partial charge in [-0.2, -0.15) is 0 Å². The van der Waals surface area contributed by atoms with Crippen LogP contribution in [0.4, 0.5) is 5.69 Å². The van der Waals surface area contributed by atoms with Crippen LogP contribution in [0.1, 0.15) is 35.2 Å². The van der Waals surface area contributed by atoms with Gasteiger partial charge in [-0.15, -0.1) is 0 Å².